The van der Waals surface area contributed by atoms with Crippen LogP contribution in [0.5, 0.6) is 5.75 Å². The first-order valence-electron chi connectivity index (χ1n) is 7.64. The van der Waals surface area contributed by atoms with Crippen molar-refractivity contribution in [3.05, 3.63) is 29.3 Å². The smallest absolute Gasteiger partial charge is 0.211 e. The molecule has 0 radical (unpaired) electrons. The molecule has 2 rings (SSSR count). The van der Waals surface area contributed by atoms with Gasteiger partial charge < -0.3 is 10.1 Å². The van der Waals surface area contributed by atoms with E-state index in [0.717, 1.165) is 24.3 Å². The summed E-state index contributed by atoms with van der Waals surface area (Å²) in [4.78, 5) is 0. The first kappa shape index (κ1) is 17.2. The van der Waals surface area contributed by atoms with Crippen molar-refractivity contribution in [1.29, 1.82) is 0 Å². The molecule has 2 atom stereocenters. The van der Waals surface area contributed by atoms with Gasteiger partial charge in [-0.05, 0) is 38.8 Å². The first-order valence-corrected chi connectivity index (χ1v) is 9.49. The van der Waals surface area contributed by atoms with E-state index >= 15 is 0 Å². The van der Waals surface area contributed by atoms with Gasteiger partial charge in [0.2, 0.25) is 10.0 Å². The molecule has 6 heteroatoms. The summed E-state index contributed by atoms with van der Waals surface area (Å²) in [7, 11) is -1.37. The maximum Gasteiger partial charge on any atom is 0.211 e. The van der Waals surface area contributed by atoms with Gasteiger partial charge in [0, 0.05) is 24.7 Å². The minimum atomic E-state index is -3.06. The molecular formula is C16H26N2O3S. The number of hydrogen-bond donors (Lipinski definition) is 1. The quantitative estimate of drug-likeness (QED) is 0.868. The summed E-state index contributed by atoms with van der Waals surface area (Å²) in [6, 6.07) is 6.33. The number of rotatable bonds is 6. The predicted molar refractivity (Wildman–Crippen MR) is 88.7 cm³/mol. The largest absolute Gasteiger partial charge is 0.496 e. The molecule has 0 amide bonds. The summed E-state index contributed by atoms with van der Waals surface area (Å²) < 4.78 is 30.1. The van der Waals surface area contributed by atoms with Gasteiger partial charge in [0.25, 0.3) is 0 Å². The fraction of sp³-hybridized carbons (Fsp3) is 0.625. The second kappa shape index (κ2) is 6.98. The third kappa shape index (κ3) is 4.21. The lowest BCUT2D eigenvalue weighted by Gasteiger charge is -2.20. The van der Waals surface area contributed by atoms with Crippen LogP contribution in [0.25, 0.3) is 0 Å². The van der Waals surface area contributed by atoms with Gasteiger partial charge in [-0.25, -0.2) is 12.7 Å². The molecule has 124 valence electrons. The van der Waals surface area contributed by atoms with Crippen LogP contribution < -0.4 is 10.1 Å². The fourth-order valence-corrected chi connectivity index (χ4v) is 3.83. The van der Waals surface area contributed by atoms with Gasteiger partial charge in [-0.1, -0.05) is 17.7 Å². The van der Waals surface area contributed by atoms with Crippen molar-refractivity contribution in [2.75, 3.05) is 33.0 Å². The van der Waals surface area contributed by atoms with Crippen LogP contribution >= 0.6 is 0 Å². The van der Waals surface area contributed by atoms with Crippen LogP contribution in [0.1, 0.15) is 30.5 Å². The van der Waals surface area contributed by atoms with Gasteiger partial charge in [0.05, 0.1) is 13.4 Å². The Kier molecular flexibility index (Phi) is 5.47. The van der Waals surface area contributed by atoms with E-state index in [4.69, 9.17) is 4.74 Å². The van der Waals surface area contributed by atoms with Crippen molar-refractivity contribution in [1.82, 2.24) is 9.62 Å². The van der Waals surface area contributed by atoms with Gasteiger partial charge >= 0.3 is 0 Å². The highest BCUT2D eigenvalue weighted by atomic mass is 32.2. The van der Waals surface area contributed by atoms with E-state index in [2.05, 4.69) is 25.2 Å². The highest BCUT2D eigenvalue weighted by Gasteiger charge is 2.28. The Labute approximate surface area is 133 Å². The van der Waals surface area contributed by atoms with Crippen molar-refractivity contribution in [2.45, 2.75) is 26.3 Å². The summed E-state index contributed by atoms with van der Waals surface area (Å²) in [6.45, 7) is 6.23. The molecule has 22 heavy (non-hydrogen) atoms. The predicted octanol–water partition coefficient (Wildman–Crippen LogP) is 1.94. The molecule has 1 aliphatic heterocycles. The topological polar surface area (TPSA) is 58.6 Å². The Morgan fingerprint density at radius 3 is 2.77 bits per heavy atom. The van der Waals surface area contributed by atoms with Gasteiger partial charge in [-0.2, -0.15) is 0 Å². The van der Waals surface area contributed by atoms with Crippen LogP contribution in [0.4, 0.5) is 0 Å². The number of nitrogens with zero attached hydrogens (tertiary/aromatic N) is 1. The maximum absolute atomic E-state index is 11.5. The van der Waals surface area contributed by atoms with E-state index in [9.17, 15) is 8.42 Å². The zero-order valence-electron chi connectivity index (χ0n) is 13.8. The Bertz CT molecular complexity index is 616. The van der Waals surface area contributed by atoms with E-state index in [0.29, 0.717) is 19.0 Å². The van der Waals surface area contributed by atoms with E-state index in [-0.39, 0.29) is 6.04 Å². The summed E-state index contributed by atoms with van der Waals surface area (Å²) in [5.41, 5.74) is 2.34. The van der Waals surface area contributed by atoms with Crippen molar-refractivity contribution in [2.24, 2.45) is 5.92 Å². The average molecular weight is 326 g/mol. The molecule has 1 aliphatic rings. The highest BCUT2D eigenvalue weighted by Crippen LogP contribution is 2.27. The molecule has 1 saturated heterocycles. The third-order valence-corrected chi connectivity index (χ3v) is 5.55. The molecule has 0 saturated carbocycles. The minimum Gasteiger partial charge on any atom is -0.496 e. The van der Waals surface area contributed by atoms with Crippen molar-refractivity contribution in [3.8, 4) is 5.75 Å². The SMILES string of the molecule is COc1ccc(C)cc1[C@@H](C)NC[C@@H]1CCN(S(C)(=O)=O)C1. The second-order valence-electron chi connectivity index (χ2n) is 6.15. The summed E-state index contributed by atoms with van der Waals surface area (Å²) in [5.74, 6) is 1.25. The molecule has 1 fully saturated rings. The summed E-state index contributed by atoms with van der Waals surface area (Å²) >= 11 is 0. The monoisotopic (exact) mass is 326 g/mol. The molecular weight excluding hydrogens is 300 g/mol. The van der Waals surface area contributed by atoms with Gasteiger partial charge in [0.1, 0.15) is 5.75 Å². The van der Waals surface area contributed by atoms with Crippen LogP contribution in [-0.2, 0) is 10.0 Å². The lowest BCUT2D eigenvalue weighted by atomic mass is 10.0. The second-order valence-corrected chi connectivity index (χ2v) is 8.13. The number of ether oxygens (including phenoxy) is 1. The Morgan fingerprint density at radius 2 is 2.18 bits per heavy atom. The van der Waals surface area contributed by atoms with Crippen LogP contribution in [0.15, 0.2) is 18.2 Å². The molecule has 1 N–H and O–H groups in total. The van der Waals surface area contributed by atoms with Crippen molar-refractivity contribution >= 4 is 10.0 Å². The number of hydrogen-bond acceptors (Lipinski definition) is 4. The van der Waals surface area contributed by atoms with Crippen molar-refractivity contribution in [3.63, 3.8) is 0 Å². The highest BCUT2D eigenvalue weighted by molar-refractivity contribution is 7.88. The fourth-order valence-electron chi connectivity index (χ4n) is 2.91. The Hall–Kier alpha value is -1.11. The van der Waals surface area contributed by atoms with E-state index in [1.807, 2.05) is 12.1 Å². The number of sulfonamides is 1. The molecule has 0 aromatic heterocycles. The summed E-state index contributed by atoms with van der Waals surface area (Å²) in [6.07, 6.45) is 2.20. The molecule has 0 bridgehead atoms. The molecule has 0 aliphatic carbocycles. The number of benzene rings is 1. The zero-order chi connectivity index (χ0) is 16.3. The minimum absolute atomic E-state index is 0.169. The molecule has 1 heterocycles. The maximum atomic E-state index is 11.5. The molecule has 0 unspecified atom stereocenters. The van der Waals surface area contributed by atoms with Gasteiger partial charge in [0.15, 0.2) is 0 Å². The Balaban J connectivity index is 1.94. The van der Waals surface area contributed by atoms with Crippen LogP contribution in [-0.4, -0.2) is 45.7 Å². The van der Waals surface area contributed by atoms with Crippen molar-refractivity contribution < 1.29 is 13.2 Å². The van der Waals surface area contributed by atoms with Crippen LogP contribution in [0.2, 0.25) is 0 Å². The number of methoxy groups -OCH3 is 1. The van der Waals surface area contributed by atoms with E-state index < -0.39 is 10.0 Å². The molecule has 0 spiro atoms. The van der Waals surface area contributed by atoms with Crippen LogP contribution in [0, 0.1) is 12.8 Å². The molecule has 5 nitrogen and oxygen atoms in total. The number of aryl methyl sites for hydroxylation is 1. The molecule has 1 aromatic carbocycles. The first-order chi connectivity index (χ1) is 10.3. The number of nitrogens with one attached hydrogen (secondary N) is 1. The molecule has 1 aromatic rings. The normalized spacial score (nSPS) is 21.0. The lowest BCUT2D eigenvalue weighted by molar-refractivity contribution is 0.394. The van der Waals surface area contributed by atoms with E-state index in [1.165, 1.54) is 11.8 Å². The van der Waals surface area contributed by atoms with Gasteiger partial charge in [-0.15, -0.1) is 0 Å². The average Bonchev–Trinajstić information content (AvgIpc) is 2.93. The van der Waals surface area contributed by atoms with Gasteiger partial charge in [-0.3, -0.25) is 0 Å². The lowest BCUT2D eigenvalue weighted by Crippen LogP contribution is -2.31. The summed E-state index contributed by atoms with van der Waals surface area (Å²) in [5, 5.41) is 3.51. The zero-order valence-corrected chi connectivity index (χ0v) is 14.6. The van der Waals surface area contributed by atoms with Crippen LogP contribution in [0.3, 0.4) is 0 Å². The third-order valence-electron chi connectivity index (χ3n) is 4.28. The Morgan fingerprint density at radius 1 is 1.45 bits per heavy atom. The standard InChI is InChI=1S/C16H26N2O3S/c1-12-5-6-16(21-3)15(9-12)13(2)17-10-14-7-8-18(11-14)22(4,19)20/h5-6,9,13-14,17H,7-8,10-11H2,1-4H3/t13-,14+/m1/s1. The van der Waals surface area contributed by atoms with E-state index in [1.54, 1.807) is 11.4 Å².